The number of carbonyl (C=O) groups excluding carboxylic acids is 3. The standard InChI is InChI=1S/C20H21N5O5/c1-12(2)19-16(8-17-20(28)24(13(3)26)10-18(27)22-17)21-11-23(19)9-14-4-6-15(7-5-14)25(29)30/h4-8,11-12H,9-10H2,1-3H3,(H,22,27)/b17-8-. The molecule has 1 aromatic heterocycles. The molecule has 1 aliphatic heterocycles. The molecule has 0 atom stereocenters. The van der Waals surface area contributed by atoms with Crippen molar-refractivity contribution in [2.45, 2.75) is 33.2 Å². The zero-order valence-electron chi connectivity index (χ0n) is 16.8. The van der Waals surface area contributed by atoms with Crippen molar-refractivity contribution in [3.63, 3.8) is 0 Å². The van der Waals surface area contributed by atoms with Crippen LogP contribution in [0.2, 0.25) is 0 Å². The summed E-state index contributed by atoms with van der Waals surface area (Å²) in [6.07, 6.45) is 3.08. The van der Waals surface area contributed by atoms with Crippen molar-refractivity contribution >= 4 is 29.5 Å². The van der Waals surface area contributed by atoms with E-state index in [4.69, 9.17) is 0 Å². The summed E-state index contributed by atoms with van der Waals surface area (Å²) in [5.74, 6) is -1.50. The third-order valence-electron chi connectivity index (χ3n) is 4.67. The second-order valence-corrected chi connectivity index (χ2v) is 7.24. The number of piperazine rings is 1. The number of rotatable bonds is 5. The van der Waals surface area contributed by atoms with Crippen molar-refractivity contribution in [1.82, 2.24) is 19.8 Å². The van der Waals surface area contributed by atoms with Crippen LogP contribution in [-0.4, -0.2) is 43.6 Å². The summed E-state index contributed by atoms with van der Waals surface area (Å²) < 4.78 is 1.89. The Morgan fingerprint density at radius 3 is 2.53 bits per heavy atom. The second-order valence-electron chi connectivity index (χ2n) is 7.24. The molecule has 3 rings (SSSR count). The summed E-state index contributed by atoms with van der Waals surface area (Å²) in [7, 11) is 0. The Kier molecular flexibility index (Phi) is 5.77. The number of nitro benzene ring substituents is 1. The largest absolute Gasteiger partial charge is 0.329 e. The van der Waals surface area contributed by atoms with Gasteiger partial charge in [0.25, 0.3) is 11.6 Å². The van der Waals surface area contributed by atoms with E-state index in [-0.39, 0.29) is 23.8 Å². The molecule has 1 aromatic carbocycles. The smallest absolute Gasteiger partial charge is 0.277 e. The fraction of sp³-hybridized carbons (Fsp3) is 0.300. The number of imidazole rings is 1. The molecule has 0 spiro atoms. The lowest BCUT2D eigenvalue weighted by Gasteiger charge is -2.25. The molecule has 30 heavy (non-hydrogen) atoms. The van der Waals surface area contributed by atoms with Crippen molar-refractivity contribution in [3.05, 3.63) is 63.4 Å². The Hall–Kier alpha value is -3.82. The Morgan fingerprint density at radius 2 is 1.97 bits per heavy atom. The highest BCUT2D eigenvalue weighted by molar-refractivity contribution is 6.12. The molecule has 2 aromatic rings. The van der Waals surface area contributed by atoms with Gasteiger partial charge in [0, 0.05) is 31.3 Å². The molecular weight excluding hydrogens is 390 g/mol. The van der Waals surface area contributed by atoms with E-state index < -0.39 is 22.6 Å². The highest BCUT2D eigenvalue weighted by Gasteiger charge is 2.31. The minimum atomic E-state index is -0.582. The highest BCUT2D eigenvalue weighted by atomic mass is 16.6. The first kappa shape index (κ1) is 20.9. The molecular formula is C20H21N5O5. The van der Waals surface area contributed by atoms with Crippen molar-refractivity contribution < 1.29 is 19.3 Å². The van der Waals surface area contributed by atoms with Crippen LogP contribution < -0.4 is 5.32 Å². The van der Waals surface area contributed by atoms with E-state index in [9.17, 15) is 24.5 Å². The molecule has 2 heterocycles. The number of benzene rings is 1. The molecule has 10 heteroatoms. The molecule has 156 valence electrons. The minimum Gasteiger partial charge on any atom is -0.329 e. The van der Waals surface area contributed by atoms with Gasteiger partial charge in [-0.2, -0.15) is 0 Å². The van der Waals surface area contributed by atoms with Crippen molar-refractivity contribution in [3.8, 4) is 0 Å². The molecule has 0 unspecified atom stereocenters. The molecule has 1 aliphatic rings. The van der Waals surface area contributed by atoms with Crippen LogP contribution in [-0.2, 0) is 20.9 Å². The number of hydrogen-bond donors (Lipinski definition) is 1. The molecule has 1 N–H and O–H groups in total. The van der Waals surface area contributed by atoms with Gasteiger partial charge in [-0.3, -0.25) is 29.4 Å². The summed E-state index contributed by atoms with van der Waals surface area (Å²) in [5, 5.41) is 13.3. The Labute approximate surface area is 172 Å². The van der Waals surface area contributed by atoms with Crippen LogP contribution in [0.25, 0.3) is 6.08 Å². The van der Waals surface area contributed by atoms with Crippen LogP contribution in [0.15, 0.2) is 36.3 Å². The maximum atomic E-state index is 12.5. The van der Waals surface area contributed by atoms with Crippen LogP contribution >= 0.6 is 0 Å². The number of nitro groups is 1. The van der Waals surface area contributed by atoms with Gasteiger partial charge in [-0.15, -0.1) is 0 Å². The summed E-state index contributed by atoms with van der Waals surface area (Å²) in [5.41, 5.74) is 2.18. The zero-order valence-corrected chi connectivity index (χ0v) is 16.8. The van der Waals surface area contributed by atoms with Gasteiger partial charge >= 0.3 is 0 Å². The summed E-state index contributed by atoms with van der Waals surface area (Å²) in [6.45, 7) is 5.29. The normalized spacial score (nSPS) is 15.6. The molecule has 0 saturated carbocycles. The number of amides is 3. The van der Waals surface area contributed by atoms with Gasteiger partial charge in [-0.1, -0.05) is 26.0 Å². The summed E-state index contributed by atoms with van der Waals surface area (Å²) in [4.78, 5) is 51.7. The zero-order chi connectivity index (χ0) is 22.0. The topological polar surface area (TPSA) is 127 Å². The third kappa shape index (κ3) is 4.27. The lowest BCUT2D eigenvalue weighted by Crippen LogP contribution is -2.51. The quantitative estimate of drug-likeness (QED) is 0.454. The molecule has 0 aliphatic carbocycles. The number of aromatic nitrogens is 2. The molecule has 10 nitrogen and oxygen atoms in total. The molecule has 0 bridgehead atoms. The Morgan fingerprint density at radius 1 is 1.30 bits per heavy atom. The summed E-state index contributed by atoms with van der Waals surface area (Å²) >= 11 is 0. The van der Waals surface area contributed by atoms with E-state index in [1.807, 2.05) is 18.4 Å². The number of imide groups is 1. The fourth-order valence-electron chi connectivity index (χ4n) is 3.28. The van der Waals surface area contributed by atoms with E-state index in [0.717, 1.165) is 16.2 Å². The van der Waals surface area contributed by atoms with Gasteiger partial charge in [0.15, 0.2) is 0 Å². The van der Waals surface area contributed by atoms with Crippen molar-refractivity contribution in [2.24, 2.45) is 0 Å². The number of hydrogen-bond acceptors (Lipinski definition) is 6. The van der Waals surface area contributed by atoms with E-state index in [1.54, 1.807) is 18.5 Å². The van der Waals surface area contributed by atoms with Gasteiger partial charge in [-0.05, 0) is 17.6 Å². The molecule has 0 radical (unpaired) electrons. The molecule has 3 amide bonds. The number of carbonyl (C=O) groups is 3. The van der Waals surface area contributed by atoms with E-state index in [1.165, 1.54) is 25.1 Å². The SMILES string of the molecule is CC(=O)N1CC(=O)N/C(=C\c2ncn(Cc3ccc([N+](=O)[O-])cc3)c2C(C)C)C1=O. The number of nitrogens with zero attached hydrogens (tertiary/aromatic N) is 4. The average molecular weight is 411 g/mol. The Bertz CT molecular complexity index is 1050. The van der Waals surface area contributed by atoms with Crippen LogP contribution in [0.5, 0.6) is 0 Å². The predicted octanol–water partition coefficient (Wildman–Crippen LogP) is 1.81. The second kappa shape index (κ2) is 8.27. The van der Waals surface area contributed by atoms with Gasteiger partial charge in [0.1, 0.15) is 12.2 Å². The van der Waals surface area contributed by atoms with Crippen molar-refractivity contribution in [2.75, 3.05) is 6.54 Å². The molecule has 1 fully saturated rings. The van der Waals surface area contributed by atoms with Gasteiger partial charge in [-0.25, -0.2) is 4.98 Å². The maximum absolute atomic E-state index is 12.5. The lowest BCUT2D eigenvalue weighted by molar-refractivity contribution is -0.384. The Balaban J connectivity index is 1.93. The van der Waals surface area contributed by atoms with E-state index in [2.05, 4.69) is 10.3 Å². The van der Waals surface area contributed by atoms with Crippen LogP contribution in [0.1, 0.15) is 43.6 Å². The van der Waals surface area contributed by atoms with Crippen LogP contribution in [0, 0.1) is 10.1 Å². The van der Waals surface area contributed by atoms with E-state index >= 15 is 0 Å². The first-order chi connectivity index (χ1) is 14.2. The van der Waals surface area contributed by atoms with Crippen LogP contribution in [0.4, 0.5) is 5.69 Å². The van der Waals surface area contributed by atoms with Gasteiger partial charge in [0.05, 0.1) is 16.9 Å². The van der Waals surface area contributed by atoms with Crippen molar-refractivity contribution in [1.29, 1.82) is 0 Å². The van der Waals surface area contributed by atoms with Gasteiger partial charge in [0.2, 0.25) is 11.8 Å². The fourth-order valence-corrected chi connectivity index (χ4v) is 3.28. The van der Waals surface area contributed by atoms with Gasteiger partial charge < -0.3 is 9.88 Å². The highest BCUT2D eigenvalue weighted by Crippen LogP contribution is 2.23. The monoisotopic (exact) mass is 411 g/mol. The predicted molar refractivity (Wildman–Crippen MR) is 107 cm³/mol. The first-order valence-corrected chi connectivity index (χ1v) is 9.29. The van der Waals surface area contributed by atoms with E-state index in [0.29, 0.717) is 12.2 Å². The summed E-state index contributed by atoms with van der Waals surface area (Å²) in [6, 6.07) is 6.24. The molecule has 1 saturated heterocycles. The number of non-ortho nitro benzene ring substituents is 1. The minimum absolute atomic E-state index is 0.0102. The number of nitrogens with one attached hydrogen (secondary N) is 1. The third-order valence-corrected chi connectivity index (χ3v) is 4.67. The average Bonchev–Trinajstić information content (AvgIpc) is 3.07. The maximum Gasteiger partial charge on any atom is 0.277 e. The lowest BCUT2D eigenvalue weighted by atomic mass is 10.1. The van der Waals surface area contributed by atoms with Crippen LogP contribution in [0.3, 0.4) is 0 Å². The first-order valence-electron chi connectivity index (χ1n) is 9.29.